The fraction of sp³-hybridized carbons (Fsp3) is 0.162. The van der Waals surface area contributed by atoms with Gasteiger partial charge in [-0.1, -0.05) is 342 Å². The maximum Gasteiger partial charge on any atom is 0.0372 e. The highest BCUT2D eigenvalue weighted by molar-refractivity contribution is 6.06. The van der Waals surface area contributed by atoms with E-state index in [1.807, 2.05) is 26.1 Å². The molecule has 1 heteroatoms. The van der Waals surface area contributed by atoms with Crippen molar-refractivity contribution in [3.05, 3.63) is 434 Å². The van der Waals surface area contributed by atoms with E-state index in [0.29, 0.717) is 0 Å². The van der Waals surface area contributed by atoms with Crippen LogP contribution in [-0.2, 0) is 0 Å². The zero-order chi connectivity index (χ0) is 79.5. The van der Waals surface area contributed by atoms with E-state index in [2.05, 4.69) is 437 Å². The molecule has 1 aromatic heterocycles. The molecule has 1 nitrogen and oxygen atoms in total. The van der Waals surface area contributed by atoms with Crippen LogP contribution < -0.4 is 0 Å². The van der Waals surface area contributed by atoms with E-state index in [9.17, 15) is 0 Å². The fourth-order valence-corrected chi connectivity index (χ4v) is 14.5. The highest BCUT2D eigenvalue weighted by Crippen LogP contribution is 2.33. The molecule has 0 aliphatic rings. The smallest absolute Gasteiger partial charge is 0.0372 e. The minimum absolute atomic E-state index is 1.08. The molecule has 0 saturated carbocycles. The second-order valence-electron chi connectivity index (χ2n) is 30.7. The number of nitrogens with zero attached hydrogens (tertiary/aromatic N) is 1. The van der Waals surface area contributed by atoms with E-state index in [4.69, 9.17) is 0 Å². The topological polar surface area (TPSA) is 12.9 Å². The normalized spacial score (nSPS) is 10.6. The Labute approximate surface area is 667 Å². The summed E-state index contributed by atoms with van der Waals surface area (Å²) in [4.78, 5) is 4.08. The molecule has 0 atom stereocenters. The van der Waals surface area contributed by atoms with Crippen LogP contribution in [0.1, 0.15) is 100 Å². The van der Waals surface area contributed by atoms with Crippen molar-refractivity contribution < 1.29 is 0 Å². The lowest BCUT2D eigenvalue weighted by atomic mass is 9.93. The average molecular weight is 1460 g/mol. The third-order valence-electron chi connectivity index (χ3n) is 21.2. The zero-order valence-electron chi connectivity index (χ0n) is 69.2. The van der Waals surface area contributed by atoms with Gasteiger partial charge in [-0.3, -0.25) is 4.98 Å². The van der Waals surface area contributed by atoms with Gasteiger partial charge in [-0.25, -0.2) is 0 Å². The standard InChI is InChI=1S/3C16H14.4C12H12.C8H10.C7H9N/c1-11-3-5-13-10-16-8-12(2)4-6-14(16)9-15(13)7-11;1-11-13-7-3-5-9-15(13)12(2)16-10-6-4-8-14(11)16;1-11-7-8-12(2)16-10-14-6-4-3-5-13(14)9-15(11)16;1-9-3-5-12-8-10(2)4-6-11(12)7-9;1-9-3-5-11-6-4-10(2)8-12(11)7-9;1-9-5-3-8-12-10(2)6-4-7-11(9)12;1-9-7-8-10(2)12-6-4-3-5-11(9)12;1-7-3-5-8(2)6-4-7;1-6-3-4-7(2)8-5-6/h3*3-10H,1-2H3;4*3-8H,1-2H3;3-6H,1-2H3;3-5H,1-2H3. The molecule has 112 heavy (non-hydrogen) atoms. The zero-order valence-corrected chi connectivity index (χ0v) is 69.2. The molecule has 0 unspecified atom stereocenters. The molecule has 0 N–H and O–H groups in total. The van der Waals surface area contributed by atoms with Crippen LogP contribution in [-0.4, -0.2) is 4.98 Å². The summed E-state index contributed by atoms with van der Waals surface area (Å²) in [6.07, 6.45) is 1.87. The Morgan fingerprint density at radius 1 is 0.143 bits per heavy atom. The van der Waals surface area contributed by atoms with E-state index < -0.39 is 0 Å². The Bertz CT molecular complexity index is 5930. The molecule has 0 radical (unpaired) electrons. The van der Waals surface area contributed by atoms with Gasteiger partial charge in [0, 0.05) is 11.9 Å². The first kappa shape index (κ1) is 80.7. The summed E-state index contributed by atoms with van der Waals surface area (Å²) >= 11 is 0. The third kappa shape index (κ3) is 21.2. The largest absolute Gasteiger partial charge is 0.261 e. The number of hydrogen-bond acceptors (Lipinski definition) is 1. The molecule has 0 saturated heterocycles. The highest BCUT2D eigenvalue weighted by Gasteiger charge is 2.09. The van der Waals surface area contributed by atoms with Gasteiger partial charge in [0.15, 0.2) is 0 Å². The first-order valence-electron chi connectivity index (χ1n) is 39.4. The lowest BCUT2D eigenvalue weighted by Crippen LogP contribution is -1.87. The Morgan fingerprint density at radius 3 is 0.688 bits per heavy atom. The molecule has 0 amide bonds. The van der Waals surface area contributed by atoms with E-state index in [1.54, 1.807) is 0 Å². The molecular weight excluding hydrogens is 1350 g/mol. The molecule has 0 fully saturated rings. The molecule has 19 aromatic rings. The summed E-state index contributed by atoms with van der Waals surface area (Å²) in [6, 6.07) is 117. The Morgan fingerprint density at radius 2 is 0.375 bits per heavy atom. The summed E-state index contributed by atoms with van der Waals surface area (Å²) in [5, 5.41) is 27.0. The van der Waals surface area contributed by atoms with Crippen molar-refractivity contribution in [3.63, 3.8) is 0 Å². The molecule has 0 bridgehead atoms. The van der Waals surface area contributed by atoms with E-state index in [0.717, 1.165) is 5.69 Å². The number of rotatable bonds is 0. The SMILES string of the molecule is Cc1c2ccccc2c(C)c2ccccc12.Cc1ccc(C)c2cc3ccccc3cc12.Cc1ccc(C)c2ccccc12.Cc1ccc(C)cc1.Cc1ccc(C)nc1.Cc1ccc2cc(C)ccc2c1.Cc1ccc2cc3cc(C)ccc3cc2c1.Cc1ccc2ccc(C)cc2c1.Cc1cccc2c(C)cccc12. The van der Waals surface area contributed by atoms with Crippen molar-refractivity contribution in [2.45, 2.75) is 125 Å². The van der Waals surface area contributed by atoms with Crippen LogP contribution in [0.2, 0.25) is 0 Å². The fourth-order valence-electron chi connectivity index (χ4n) is 14.5. The van der Waals surface area contributed by atoms with Gasteiger partial charge in [-0.05, 0) is 313 Å². The maximum absolute atomic E-state index is 4.08. The van der Waals surface area contributed by atoms with Gasteiger partial charge in [0.1, 0.15) is 0 Å². The van der Waals surface area contributed by atoms with Crippen molar-refractivity contribution in [2.24, 2.45) is 0 Å². The Hall–Kier alpha value is -12.3. The number of benzene rings is 18. The van der Waals surface area contributed by atoms with Crippen LogP contribution in [0.25, 0.3) is 108 Å². The number of aromatic nitrogens is 1. The predicted octanol–water partition coefficient (Wildman–Crippen LogP) is 31.7. The number of pyridine rings is 1. The first-order chi connectivity index (χ1) is 53.9. The van der Waals surface area contributed by atoms with Crippen molar-refractivity contribution in [1.29, 1.82) is 0 Å². The van der Waals surface area contributed by atoms with Crippen molar-refractivity contribution in [2.75, 3.05) is 0 Å². The van der Waals surface area contributed by atoms with Gasteiger partial charge >= 0.3 is 0 Å². The van der Waals surface area contributed by atoms with Crippen LogP contribution in [0, 0.1) is 125 Å². The van der Waals surface area contributed by atoms with E-state index in [1.165, 1.54) is 202 Å². The molecule has 19 rings (SSSR count). The molecule has 18 aromatic carbocycles. The lowest BCUT2D eigenvalue weighted by Gasteiger charge is -2.11. The maximum atomic E-state index is 4.08. The quantitative estimate of drug-likeness (QED) is 0.138. The predicted molar refractivity (Wildman–Crippen MR) is 496 cm³/mol. The van der Waals surface area contributed by atoms with Crippen LogP contribution in [0.4, 0.5) is 0 Å². The van der Waals surface area contributed by atoms with Crippen molar-refractivity contribution >= 4 is 108 Å². The van der Waals surface area contributed by atoms with E-state index >= 15 is 0 Å². The molecule has 1 heterocycles. The van der Waals surface area contributed by atoms with Crippen LogP contribution in [0.15, 0.2) is 334 Å². The Balaban J connectivity index is 0.000000126. The number of fused-ring (bicyclic) bond motifs is 10. The van der Waals surface area contributed by atoms with Crippen molar-refractivity contribution in [1.82, 2.24) is 4.98 Å². The minimum Gasteiger partial charge on any atom is -0.261 e. The average Bonchev–Trinajstić information content (AvgIpc) is 0.760. The van der Waals surface area contributed by atoms with Gasteiger partial charge in [0.2, 0.25) is 0 Å². The molecule has 0 spiro atoms. The highest BCUT2D eigenvalue weighted by atomic mass is 14.6. The number of aryl methyl sites for hydroxylation is 18. The van der Waals surface area contributed by atoms with Gasteiger partial charge in [0.05, 0.1) is 0 Å². The van der Waals surface area contributed by atoms with Crippen LogP contribution in [0.3, 0.4) is 0 Å². The van der Waals surface area contributed by atoms with Gasteiger partial charge in [-0.15, -0.1) is 0 Å². The number of hydrogen-bond donors (Lipinski definition) is 0. The third-order valence-corrected chi connectivity index (χ3v) is 21.2. The summed E-state index contributed by atoms with van der Waals surface area (Å²) in [5.41, 5.74) is 23.8. The van der Waals surface area contributed by atoms with Crippen molar-refractivity contribution in [3.8, 4) is 0 Å². The summed E-state index contributed by atoms with van der Waals surface area (Å²) in [7, 11) is 0. The van der Waals surface area contributed by atoms with Gasteiger partial charge < -0.3 is 0 Å². The summed E-state index contributed by atoms with van der Waals surface area (Å²) in [6.45, 7) is 38.4. The molecule has 558 valence electrons. The van der Waals surface area contributed by atoms with Gasteiger partial charge in [0.25, 0.3) is 0 Å². The monoisotopic (exact) mass is 1460 g/mol. The first-order valence-corrected chi connectivity index (χ1v) is 39.4. The van der Waals surface area contributed by atoms with Gasteiger partial charge in [-0.2, -0.15) is 0 Å². The minimum atomic E-state index is 1.08. The second kappa shape index (κ2) is 37.9. The van der Waals surface area contributed by atoms with E-state index in [-0.39, 0.29) is 0 Å². The summed E-state index contributed by atoms with van der Waals surface area (Å²) < 4.78 is 0. The lowest BCUT2D eigenvalue weighted by molar-refractivity contribution is 1.17. The summed E-state index contributed by atoms with van der Waals surface area (Å²) in [5.74, 6) is 0. The van der Waals surface area contributed by atoms with Crippen LogP contribution in [0.5, 0.6) is 0 Å². The second-order valence-corrected chi connectivity index (χ2v) is 30.7. The van der Waals surface area contributed by atoms with Crippen LogP contribution >= 0.6 is 0 Å². The molecule has 0 aliphatic heterocycles. The Kier molecular flexibility index (Phi) is 27.3. The molecule has 0 aliphatic carbocycles. The molecular formula is C111H109N.